The molecule has 0 saturated heterocycles. The smallest absolute Gasteiger partial charge is 0.0707 e. The normalized spacial score (nSPS) is 13.4. The van der Waals surface area contributed by atoms with E-state index in [1.807, 2.05) is 78.9 Å². The fraction of sp³-hybridized carbons (Fsp3) is 0.292. The number of pyridine rings is 1. The number of rotatable bonds is 10. The third-order valence-corrected chi connectivity index (χ3v) is 4.68. The van der Waals surface area contributed by atoms with Crippen molar-refractivity contribution in [1.82, 2.24) is 9.88 Å². The highest BCUT2D eigenvalue weighted by Crippen LogP contribution is 2.10. The first-order chi connectivity index (χ1) is 13.7. The van der Waals surface area contributed by atoms with Crippen LogP contribution >= 0.6 is 0 Å². The van der Waals surface area contributed by atoms with E-state index in [9.17, 15) is 10.2 Å². The van der Waals surface area contributed by atoms with Crippen LogP contribution in [0.5, 0.6) is 0 Å². The van der Waals surface area contributed by atoms with Gasteiger partial charge in [0.1, 0.15) is 0 Å². The van der Waals surface area contributed by atoms with Gasteiger partial charge in [0.15, 0.2) is 0 Å². The van der Waals surface area contributed by atoms with Crippen molar-refractivity contribution in [2.24, 2.45) is 0 Å². The average molecular weight is 377 g/mol. The van der Waals surface area contributed by atoms with Gasteiger partial charge in [-0.2, -0.15) is 0 Å². The van der Waals surface area contributed by atoms with E-state index >= 15 is 0 Å². The summed E-state index contributed by atoms with van der Waals surface area (Å²) < 4.78 is 0. The summed E-state index contributed by atoms with van der Waals surface area (Å²) in [7, 11) is 0. The highest BCUT2D eigenvalue weighted by Gasteiger charge is 2.17. The van der Waals surface area contributed by atoms with Crippen LogP contribution in [0.25, 0.3) is 0 Å². The maximum atomic E-state index is 10.6. The monoisotopic (exact) mass is 376 g/mol. The van der Waals surface area contributed by atoms with Crippen molar-refractivity contribution in [3.8, 4) is 0 Å². The van der Waals surface area contributed by atoms with Gasteiger partial charge in [-0.1, -0.05) is 66.7 Å². The number of benzene rings is 2. The van der Waals surface area contributed by atoms with Crippen molar-refractivity contribution in [3.05, 3.63) is 102 Å². The van der Waals surface area contributed by atoms with Gasteiger partial charge in [0, 0.05) is 25.8 Å². The molecule has 2 atom stereocenters. The Morgan fingerprint density at radius 1 is 0.679 bits per heavy atom. The predicted octanol–water partition coefficient (Wildman–Crippen LogP) is 3.09. The molecule has 2 unspecified atom stereocenters. The first-order valence-corrected chi connectivity index (χ1v) is 9.75. The summed E-state index contributed by atoms with van der Waals surface area (Å²) in [5, 5.41) is 21.2. The molecule has 1 aromatic heterocycles. The molecular weight excluding hydrogens is 348 g/mol. The molecule has 0 saturated carbocycles. The lowest BCUT2D eigenvalue weighted by Crippen LogP contribution is -2.39. The molecule has 0 aliphatic rings. The zero-order valence-electron chi connectivity index (χ0n) is 16.1. The molecule has 1 heterocycles. The Morgan fingerprint density at radius 3 is 1.64 bits per heavy atom. The van der Waals surface area contributed by atoms with Crippen LogP contribution in [0.1, 0.15) is 16.8 Å². The Balaban J connectivity index is 1.62. The number of hydrogen-bond donors (Lipinski definition) is 2. The zero-order valence-corrected chi connectivity index (χ0v) is 16.1. The molecule has 4 heteroatoms. The molecule has 28 heavy (non-hydrogen) atoms. The van der Waals surface area contributed by atoms with Crippen molar-refractivity contribution in [2.45, 2.75) is 31.6 Å². The third-order valence-electron chi connectivity index (χ3n) is 4.68. The Labute approximate surface area is 167 Å². The average Bonchev–Trinajstić information content (AvgIpc) is 2.70. The maximum absolute atomic E-state index is 10.6. The van der Waals surface area contributed by atoms with Crippen LogP contribution in [-0.2, 0) is 19.4 Å². The number of hydrogen-bond acceptors (Lipinski definition) is 4. The molecule has 0 aliphatic carbocycles. The molecule has 2 N–H and O–H groups in total. The molecule has 0 spiro atoms. The van der Waals surface area contributed by atoms with Crippen LogP contribution in [0, 0.1) is 0 Å². The summed E-state index contributed by atoms with van der Waals surface area (Å²) in [6.45, 7) is 1.56. The second kappa shape index (κ2) is 10.7. The minimum atomic E-state index is -0.505. The van der Waals surface area contributed by atoms with Crippen LogP contribution in [-0.4, -0.2) is 45.4 Å². The van der Waals surface area contributed by atoms with Crippen LogP contribution < -0.4 is 0 Å². The van der Waals surface area contributed by atoms with Crippen LogP contribution in [0.3, 0.4) is 0 Å². The highest BCUT2D eigenvalue weighted by atomic mass is 16.3. The van der Waals surface area contributed by atoms with Gasteiger partial charge in [0.25, 0.3) is 0 Å². The lowest BCUT2D eigenvalue weighted by atomic mass is 10.1. The van der Waals surface area contributed by atoms with E-state index in [0.717, 1.165) is 16.8 Å². The predicted molar refractivity (Wildman–Crippen MR) is 112 cm³/mol. The van der Waals surface area contributed by atoms with Crippen LogP contribution in [0.4, 0.5) is 0 Å². The molecular formula is C24H28N2O2. The molecule has 3 rings (SSSR count). The number of aliphatic hydroxyl groups excluding tert-OH is 2. The van der Waals surface area contributed by atoms with E-state index < -0.39 is 12.2 Å². The van der Waals surface area contributed by atoms with Gasteiger partial charge in [0.05, 0.1) is 17.9 Å². The Kier molecular flexibility index (Phi) is 7.73. The Hall–Kier alpha value is -2.53. The van der Waals surface area contributed by atoms with Crippen LogP contribution in [0.15, 0.2) is 85.1 Å². The summed E-state index contributed by atoms with van der Waals surface area (Å²) >= 11 is 0. The standard InChI is InChI=1S/C24H28N2O2/c27-23(15-20-9-3-1-4-10-20)18-26(17-22-13-7-8-14-25-22)19-24(28)16-21-11-5-2-6-12-21/h1-14,23-24,27-28H,15-19H2. The lowest BCUT2D eigenvalue weighted by molar-refractivity contribution is 0.0649. The van der Waals surface area contributed by atoms with Gasteiger partial charge < -0.3 is 10.2 Å². The van der Waals surface area contributed by atoms with E-state index in [0.29, 0.717) is 32.5 Å². The van der Waals surface area contributed by atoms with Crippen molar-refractivity contribution in [2.75, 3.05) is 13.1 Å². The van der Waals surface area contributed by atoms with E-state index in [1.165, 1.54) is 0 Å². The SMILES string of the molecule is OC(Cc1ccccc1)CN(Cc1ccccn1)CC(O)Cc1ccccc1. The number of nitrogens with zero attached hydrogens (tertiary/aromatic N) is 2. The van der Waals surface area contributed by atoms with E-state index in [1.54, 1.807) is 6.20 Å². The lowest BCUT2D eigenvalue weighted by Gasteiger charge is -2.27. The number of aliphatic hydroxyl groups is 2. The topological polar surface area (TPSA) is 56.6 Å². The van der Waals surface area contributed by atoms with Crippen LogP contribution in [0.2, 0.25) is 0 Å². The third kappa shape index (κ3) is 6.89. The molecule has 3 aromatic rings. The van der Waals surface area contributed by atoms with E-state index in [2.05, 4.69) is 9.88 Å². The molecule has 146 valence electrons. The first kappa shape index (κ1) is 20.2. The highest BCUT2D eigenvalue weighted by molar-refractivity contribution is 5.16. The van der Waals surface area contributed by atoms with Crippen molar-refractivity contribution < 1.29 is 10.2 Å². The Bertz CT molecular complexity index is 747. The molecule has 4 nitrogen and oxygen atoms in total. The van der Waals surface area contributed by atoms with Gasteiger partial charge >= 0.3 is 0 Å². The molecule has 0 aliphatic heterocycles. The summed E-state index contributed by atoms with van der Waals surface area (Å²) in [5.74, 6) is 0. The fourth-order valence-electron chi connectivity index (χ4n) is 3.42. The maximum Gasteiger partial charge on any atom is 0.0707 e. The minimum absolute atomic E-state index is 0.483. The van der Waals surface area contributed by atoms with Gasteiger partial charge in [-0.3, -0.25) is 9.88 Å². The number of aromatic nitrogens is 1. The van der Waals surface area contributed by atoms with Gasteiger partial charge in [-0.05, 0) is 36.1 Å². The van der Waals surface area contributed by atoms with E-state index in [-0.39, 0.29) is 0 Å². The molecule has 2 aromatic carbocycles. The minimum Gasteiger partial charge on any atom is -0.391 e. The van der Waals surface area contributed by atoms with Crippen molar-refractivity contribution in [1.29, 1.82) is 0 Å². The van der Waals surface area contributed by atoms with Gasteiger partial charge in [-0.25, -0.2) is 0 Å². The summed E-state index contributed by atoms with van der Waals surface area (Å²) in [6.07, 6.45) is 1.95. The van der Waals surface area contributed by atoms with Crippen molar-refractivity contribution >= 4 is 0 Å². The van der Waals surface area contributed by atoms with Crippen molar-refractivity contribution in [3.63, 3.8) is 0 Å². The summed E-state index contributed by atoms with van der Waals surface area (Å²) in [6, 6.07) is 25.8. The zero-order chi connectivity index (χ0) is 19.6. The van der Waals surface area contributed by atoms with E-state index in [4.69, 9.17) is 0 Å². The van der Waals surface area contributed by atoms with Gasteiger partial charge in [-0.15, -0.1) is 0 Å². The summed E-state index contributed by atoms with van der Waals surface area (Å²) in [5.41, 5.74) is 3.15. The molecule has 0 amide bonds. The summed E-state index contributed by atoms with van der Waals surface area (Å²) in [4.78, 5) is 6.48. The molecule has 0 radical (unpaired) electrons. The second-order valence-electron chi connectivity index (χ2n) is 7.20. The first-order valence-electron chi connectivity index (χ1n) is 9.75. The molecule has 0 fully saturated rings. The molecule has 0 bridgehead atoms. The quantitative estimate of drug-likeness (QED) is 0.571. The fourth-order valence-corrected chi connectivity index (χ4v) is 3.42. The second-order valence-corrected chi connectivity index (χ2v) is 7.20. The Morgan fingerprint density at radius 2 is 1.18 bits per heavy atom. The largest absolute Gasteiger partial charge is 0.391 e. The van der Waals surface area contributed by atoms with Gasteiger partial charge in [0.2, 0.25) is 0 Å².